The molecule has 164 valence electrons. The first-order valence-corrected chi connectivity index (χ1v) is 11.9. The molecule has 3 aliphatic rings. The molecule has 7 N–H and O–H groups in total. The van der Waals surface area contributed by atoms with Crippen LogP contribution in [0.15, 0.2) is 0 Å². The standard InChI is InChI=1S/C22H44N4O2/c1-15-8-7-9-16-14-19(26-21(15)16)22(28)24-13-6-2-3-12-20(27)25-18-11-5-4-10-17(18)23/h15-22,24-28H,2-14,23H2,1H3. The van der Waals surface area contributed by atoms with Crippen molar-refractivity contribution in [3.8, 4) is 0 Å². The molecule has 1 aliphatic heterocycles. The zero-order valence-corrected chi connectivity index (χ0v) is 17.8. The van der Waals surface area contributed by atoms with Crippen molar-refractivity contribution in [1.82, 2.24) is 16.0 Å². The van der Waals surface area contributed by atoms with Crippen molar-refractivity contribution in [3.05, 3.63) is 0 Å². The van der Waals surface area contributed by atoms with Crippen molar-refractivity contribution in [1.29, 1.82) is 0 Å². The topological polar surface area (TPSA) is 103 Å². The maximum absolute atomic E-state index is 10.5. The van der Waals surface area contributed by atoms with E-state index in [1.54, 1.807) is 0 Å². The summed E-state index contributed by atoms with van der Waals surface area (Å²) in [5.41, 5.74) is 6.14. The smallest absolute Gasteiger partial charge is 0.120 e. The predicted octanol–water partition coefficient (Wildman–Crippen LogP) is 1.80. The van der Waals surface area contributed by atoms with Crippen LogP contribution >= 0.6 is 0 Å². The van der Waals surface area contributed by atoms with E-state index in [-0.39, 0.29) is 18.1 Å². The highest BCUT2D eigenvalue weighted by Crippen LogP contribution is 2.37. The van der Waals surface area contributed by atoms with Crippen molar-refractivity contribution in [2.45, 2.75) is 121 Å². The average molecular weight is 397 g/mol. The minimum Gasteiger partial charge on any atom is -0.379 e. The predicted molar refractivity (Wildman–Crippen MR) is 114 cm³/mol. The van der Waals surface area contributed by atoms with Gasteiger partial charge in [0.15, 0.2) is 0 Å². The molecule has 8 unspecified atom stereocenters. The van der Waals surface area contributed by atoms with E-state index in [0.717, 1.165) is 63.3 Å². The molecule has 6 nitrogen and oxygen atoms in total. The van der Waals surface area contributed by atoms with Gasteiger partial charge in [0.2, 0.25) is 0 Å². The lowest BCUT2D eigenvalue weighted by Crippen LogP contribution is -2.50. The van der Waals surface area contributed by atoms with Crippen LogP contribution in [0.3, 0.4) is 0 Å². The third-order valence-electron chi connectivity index (χ3n) is 7.43. The van der Waals surface area contributed by atoms with Crippen LogP contribution in [0.2, 0.25) is 0 Å². The van der Waals surface area contributed by atoms with Gasteiger partial charge in [-0.1, -0.05) is 32.6 Å². The van der Waals surface area contributed by atoms with E-state index in [4.69, 9.17) is 5.73 Å². The highest BCUT2D eigenvalue weighted by molar-refractivity contribution is 4.97. The van der Waals surface area contributed by atoms with Crippen LogP contribution in [0, 0.1) is 11.8 Å². The summed E-state index contributed by atoms with van der Waals surface area (Å²) in [5.74, 6) is 1.48. The van der Waals surface area contributed by atoms with Crippen LogP contribution in [0.1, 0.15) is 84.0 Å². The molecule has 0 spiro atoms. The first-order chi connectivity index (χ1) is 13.5. The van der Waals surface area contributed by atoms with Gasteiger partial charge in [0.25, 0.3) is 0 Å². The molecular formula is C22H44N4O2. The van der Waals surface area contributed by atoms with E-state index in [1.165, 1.54) is 32.1 Å². The molecule has 0 aromatic rings. The van der Waals surface area contributed by atoms with Gasteiger partial charge in [-0.15, -0.1) is 0 Å². The summed E-state index contributed by atoms with van der Waals surface area (Å²) in [6, 6.07) is 1.25. The second kappa shape index (κ2) is 11.2. The van der Waals surface area contributed by atoms with Crippen LogP contribution in [-0.2, 0) is 0 Å². The molecule has 0 bridgehead atoms. The van der Waals surface area contributed by atoms with Gasteiger partial charge in [-0.3, -0.25) is 10.6 Å². The van der Waals surface area contributed by atoms with Gasteiger partial charge >= 0.3 is 0 Å². The van der Waals surface area contributed by atoms with Crippen molar-refractivity contribution < 1.29 is 10.2 Å². The Balaban J connectivity index is 1.22. The highest BCUT2D eigenvalue weighted by atomic mass is 16.3. The zero-order chi connectivity index (χ0) is 19.9. The Morgan fingerprint density at radius 1 is 1.04 bits per heavy atom. The molecule has 3 rings (SSSR count). The van der Waals surface area contributed by atoms with Crippen LogP contribution in [0.4, 0.5) is 0 Å². The number of nitrogens with one attached hydrogen (secondary N) is 3. The molecule has 28 heavy (non-hydrogen) atoms. The Bertz CT molecular complexity index is 452. The molecular weight excluding hydrogens is 352 g/mol. The number of hydrogen-bond acceptors (Lipinski definition) is 6. The van der Waals surface area contributed by atoms with Crippen LogP contribution in [-0.4, -0.2) is 53.4 Å². The highest BCUT2D eigenvalue weighted by Gasteiger charge is 2.40. The molecule has 1 saturated heterocycles. The van der Waals surface area contributed by atoms with E-state index in [9.17, 15) is 10.2 Å². The lowest BCUT2D eigenvalue weighted by atomic mass is 9.78. The molecule has 0 amide bonds. The minimum absolute atomic E-state index is 0.185. The van der Waals surface area contributed by atoms with Crippen LogP contribution < -0.4 is 21.7 Å². The van der Waals surface area contributed by atoms with Crippen molar-refractivity contribution in [3.63, 3.8) is 0 Å². The van der Waals surface area contributed by atoms with Crippen molar-refractivity contribution >= 4 is 0 Å². The largest absolute Gasteiger partial charge is 0.379 e. The number of unbranched alkanes of at least 4 members (excludes halogenated alkanes) is 2. The Hall–Kier alpha value is -0.240. The third kappa shape index (κ3) is 6.38. The van der Waals surface area contributed by atoms with E-state index >= 15 is 0 Å². The quantitative estimate of drug-likeness (QED) is 0.249. The molecule has 6 heteroatoms. The molecule has 2 saturated carbocycles. The van der Waals surface area contributed by atoms with Crippen molar-refractivity contribution in [2.24, 2.45) is 17.6 Å². The number of aliphatic hydroxyl groups excluding tert-OH is 2. The molecule has 0 aromatic heterocycles. The Morgan fingerprint density at radius 3 is 2.64 bits per heavy atom. The SMILES string of the molecule is CC1CCCC2CC(C(O)NCCCCCC(O)NC3CCCCC3N)NC12. The molecule has 0 aromatic carbocycles. The maximum atomic E-state index is 10.5. The maximum Gasteiger partial charge on any atom is 0.120 e. The summed E-state index contributed by atoms with van der Waals surface area (Å²) in [6.07, 6.45) is 12.6. The first kappa shape index (κ1) is 22.4. The number of nitrogens with two attached hydrogens (primary N) is 1. The van der Waals surface area contributed by atoms with Gasteiger partial charge < -0.3 is 21.3 Å². The number of aliphatic hydroxyl groups is 2. The van der Waals surface area contributed by atoms with Gasteiger partial charge in [-0.05, 0) is 69.7 Å². The fourth-order valence-electron chi connectivity index (χ4n) is 5.68. The summed E-state index contributed by atoms with van der Waals surface area (Å²) in [4.78, 5) is 0. The average Bonchev–Trinajstić information content (AvgIpc) is 3.12. The normalized spacial score (nSPS) is 38.1. The van der Waals surface area contributed by atoms with Crippen LogP contribution in [0.5, 0.6) is 0 Å². The Morgan fingerprint density at radius 2 is 1.86 bits per heavy atom. The van der Waals surface area contributed by atoms with Crippen molar-refractivity contribution in [2.75, 3.05) is 6.54 Å². The summed E-state index contributed by atoms with van der Waals surface area (Å²) in [6.45, 7) is 3.18. The first-order valence-electron chi connectivity index (χ1n) is 11.9. The summed E-state index contributed by atoms with van der Waals surface area (Å²) in [5, 5.41) is 31.0. The lowest BCUT2D eigenvalue weighted by molar-refractivity contribution is 0.0930. The monoisotopic (exact) mass is 396 g/mol. The number of hydrogen-bond donors (Lipinski definition) is 6. The van der Waals surface area contributed by atoms with E-state index < -0.39 is 12.5 Å². The molecule has 0 radical (unpaired) electrons. The fourth-order valence-corrected chi connectivity index (χ4v) is 5.68. The summed E-state index contributed by atoms with van der Waals surface area (Å²) < 4.78 is 0. The van der Waals surface area contributed by atoms with E-state index in [0.29, 0.717) is 6.04 Å². The summed E-state index contributed by atoms with van der Waals surface area (Å²) >= 11 is 0. The molecule has 3 fully saturated rings. The summed E-state index contributed by atoms with van der Waals surface area (Å²) in [7, 11) is 0. The van der Waals surface area contributed by atoms with Gasteiger partial charge in [0.1, 0.15) is 12.5 Å². The zero-order valence-electron chi connectivity index (χ0n) is 17.8. The fraction of sp³-hybridized carbons (Fsp3) is 1.00. The molecule has 2 aliphatic carbocycles. The molecule has 8 atom stereocenters. The van der Waals surface area contributed by atoms with E-state index in [2.05, 4.69) is 22.9 Å². The van der Waals surface area contributed by atoms with E-state index in [1.807, 2.05) is 0 Å². The third-order valence-corrected chi connectivity index (χ3v) is 7.43. The number of fused-ring (bicyclic) bond motifs is 1. The second-order valence-electron chi connectivity index (χ2n) is 9.69. The van der Waals surface area contributed by atoms with Crippen LogP contribution in [0.25, 0.3) is 0 Å². The minimum atomic E-state index is -0.446. The Kier molecular flexibility index (Phi) is 9.00. The second-order valence-corrected chi connectivity index (χ2v) is 9.69. The van der Waals surface area contributed by atoms with Gasteiger partial charge in [-0.2, -0.15) is 0 Å². The molecule has 1 heterocycles. The van der Waals surface area contributed by atoms with Gasteiger partial charge in [-0.25, -0.2) is 0 Å². The number of rotatable bonds is 10. The van der Waals surface area contributed by atoms with Gasteiger partial charge in [0.05, 0.1) is 0 Å². The van der Waals surface area contributed by atoms with Gasteiger partial charge in [0, 0.05) is 24.2 Å². The lowest BCUT2D eigenvalue weighted by Gasteiger charge is -2.31. The Labute approximate surface area is 171 Å².